The standard InChI is InChI=1S/C10H18O3S/c1-6(2)5-9(10(12)13)7(3)14-8(4)11/h6-7,9H,5H2,1-4H3,(H,12,13)/t7?,9-/m1/s1. The fourth-order valence-electron chi connectivity index (χ4n) is 1.35. The van der Waals surface area contributed by atoms with Crippen LogP contribution in [0.15, 0.2) is 0 Å². The van der Waals surface area contributed by atoms with Crippen molar-refractivity contribution in [3.63, 3.8) is 0 Å². The van der Waals surface area contributed by atoms with Crippen molar-refractivity contribution in [3.8, 4) is 0 Å². The lowest BCUT2D eigenvalue weighted by Gasteiger charge is -2.20. The molecule has 0 saturated heterocycles. The monoisotopic (exact) mass is 218 g/mol. The number of carbonyl (C=O) groups is 2. The van der Waals surface area contributed by atoms with Gasteiger partial charge in [0.25, 0.3) is 0 Å². The largest absolute Gasteiger partial charge is 0.481 e. The zero-order chi connectivity index (χ0) is 11.3. The number of carboxylic acid groups (broad SMARTS) is 1. The highest BCUT2D eigenvalue weighted by molar-refractivity contribution is 8.14. The van der Waals surface area contributed by atoms with Crippen LogP contribution in [0.1, 0.15) is 34.1 Å². The second-order valence-corrected chi connectivity index (χ2v) is 5.44. The highest BCUT2D eigenvalue weighted by Crippen LogP contribution is 2.25. The fourth-order valence-corrected chi connectivity index (χ4v) is 2.26. The molecule has 0 aliphatic carbocycles. The van der Waals surface area contributed by atoms with Crippen LogP contribution >= 0.6 is 11.8 Å². The van der Waals surface area contributed by atoms with Gasteiger partial charge in [0.2, 0.25) is 0 Å². The van der Waals surface area contributed by atoms with Gasteiger partial charge >= 0.3 is 5.97 Å². The van der Waals surface area contributed by atoms with Crippen LogP contribution < -0.4 is 0 Å². The molecule has 0 aromatic carbocycles. The maximum atomic E-state index is 10.9. The molecule has 0 amide bonds. The molecule has 0 bridgehead atoms. The third-order valence-electron chi connectivity index (χ3n) is 1.96. The smallest absolute Gasteiger partial charge is 0.307 e. The van der Waals surface area contributed by atoms with Crippen molar-refractivity contribution in [1.82, 2.24) is 0 Å². The number of hydrogen-bond acceptors (Lipinski definition) is 3. The summed E-state index contributed by atoms with van der Waals surface area (Å²) in [4.78, 5) is 21.8. The molecule has 1 N–H and O–H groups in total. The van der Waals surface area contributed by atoms with Crippen LogP contribution in [0.3, 0.4) is 0 Å². The topological polar surface area (TPSA) is 54.4 Å². The lowest BCUT2D eigenvalue weighted by molar-refractivity contribution is -0.142. The fraction of sp³-hybridized carbons (Fsp3) is 0.800. The van der Waals surface area contributed by atoms with Gasteiger partial charge in [-0.2, -0.15) is 0 Å². The predicted octanol–water partition coefficient (Wildman–Crippen LogP) is 2.40. The van der Waals surface area contributed by atoms with E-state index in [9.17, 15) is 9.59 Å². The van der Waals surface area contributed by atoms with Crippen LogP contribution in [0.25, 0.3) is 0 Å². The second kappa shape index (κ2) is 6.06. The number of carboxylic acids is 1. The molecule has 3 nitrogen and oxygen atoms in total. The minimum atomic E-state index is -0.806. The molecular formula is C10H18O3S. The van der Waals surface area contributed by atoms with Gasteiger partial charge in [-0.3, -0.25) is 9.59 Å². The van der Waals surface area contributed by atoms with Gasteiger partial charge < -0.3 is 5.11 Å². The van der Waals surface area contributed by atoms with E-state index in [1.165, 1.54) is 6.92 Å². The van der Waals surface area contributed by atoms with E-state index in [0.29, 0.717) is 12.3 Å². The Balaban J connectivity index is 4.33. The first-order valence-corrected chi connectivity index (χ1v) is 5.62. The molecule has 0 fully saturated rings. The van der Waals surface area contributed by atoms with Gasteiger partial charge in [0.15, 0.2) is 5.12 Å². The van der Waals surface area contributed by atoms with Gasteiger partial charge in [0.05, 0.1) is 5.92 Å². The minimum absolute atomic E-state index is 0.0208. The van der Waals surface area contributed by atoms with Crippen LogP contribution in [0.2, 0.25) is 0 Å². The summed E-state index contributed by atoms with van der Waals surface area (Å²) < 4.78 is 0. The lowest BCUT2D eigenvalue weighted by atomic mass is 9.95. The molecule has 0 aliphatic heterocycles. The van der Waals surface area contributed by atoms with E-state index >= 15 is 0 Å². The van der Waals surface area contributed by atoms with Gasteiger partial charge in [-0.05, 0) is 12.3 Å². The molecule has 0 spiro atoms. The van der Waals surface area contributed by atoms with E-state index in [2.05, 4.69) is 0 Å². The molecule has 2 atom stereocenters. The van der Waals surface area contributed by atoms with Gasteiger partial charge in [0, 0.05) is 12.2 Å². The molecule has 0 rings (SSSR count). The molecule has 0 radical (unpaired) electrons. The second-order valence-electron chi connectivity index (χ2n) is 3.89. The SMILES string of the molecule is CC(=O)SC(C)[C@@H](CC(C)C)C(=O)O. The van der Waals surface area contributed by atoms with Gasteiger partial charge in [-0.1, -0.05) is 32.5 Å². The summed E-state index contributed by atoms with van der Waals surface area (Å²) in [7, 11) is 0. The Morgan fingerprint density at radius 2 is 1.79 bits per heavy atom. The first kappa shape index (κ1) is 13.5. The van der Waals surface area contributed by atoms with E-state index in [1.807, 2.05) is 13.8 Å². The van der Waals surface area contributed by atoms with Crippen LogP contribution in [0.4, 0.5) is 0 Å². The molecule has 0 saturated carbocycles. The Bertz CT molecular complexity index is 213. The van der Waals surface area contributed by atoms with E-state index < -0.39 is 11.9 Å². The number of aliphatic carboxylic acids is 1. The lowest BCUT2D eigenvalue weighted by Crippen LogP contribution is -2.25. The summed E-state index contributed by atoms with van der Waals surface area (Å²) in [6, 6.07) is 0. The minimum Gasteiger partial charge on any atom is -0.481 e. The predicted molar refractivity (Wildman–Crippen MR) is 58.3 cm³/mol. The average molecular weight is 218 g/mol. The Hall–Kier alpha value is -0.510. The van der Waals surface area contributed by atoms with Crippen molar-refractivity contribution >= 4 is 22.8 Å². The summed E-state index contributed by atoms with van der Waals surface area (Å²) in [6.07, 6.45) is 0.622. The number of thioether (sulfide) groups is 1. The molecule has 4 heteroatoms. The summed E-state index contributed by atoms with van der Waals surface area (Å²) >= 11 is 1.11. The average Bonchev–Trinajstić information content (AvgIpc) is 1.97. The van der Waals surface area contributed by atoms with E-state index in [1.54, 1.807) is 6.92 Å². The third-order valence-corrected chi connectivity index (χ3v) is 2.99. The van der Waals surface area contributed by atoms with Gasteiger partial charge in [-0.15, -0.1) is 0 Å². The van der Waals surface area contributed by atoms with Crippen LogP contribution in [0.5, 0.6) is 0 Å². The van der Waals surface area contributed by atoms with E-state index in [-0.39, 0.29) is 10.4 Å². The quantitative estimate of drug-likeness (QED) is 0.770. The van der Waals surface area contributed by atoms with Crippen molar-refractivity contribution in [2.45, 2.75) is 39.4 Å². The molecule has 0 aromatic heterocycles. The normalized spacial score (nSPS) is 15.2. The van der Waals surface area contributed by atoms with Crippen molar-refractivity contribution in [3.05, 3.63) is 0 Å². The van der Waals surface area contributed by atoms with Crippen molar-refractivity contribution < 1.29 is 14.7 Å². The highest BCUT2D eigenvalue weighted by atomic mass is 32.2. The first-order chi connectivity index (χ1) is 6.34. The van der Waals surface area contributed by atoms with Crippen LogP contribution in [0, 0.1) is 11.8 Å². The Labute approximate surface area is 89.3 Å². The maximum Gasteiger partial charge on any atom is 0.307 e. The molecule has 0 heterocycles. The van der Waals surface area contributed by atoms with Crippen molar-refractivity contribution in [2.75, 3.05) is 0 Å². The number of hydrogen-bond donors (Lipinski definition) is 1. The summed E-state index contributed by atoms with van der Waals surface area (Å²) in [6.45, 7) is 7.24. The molecule has 0 aromatic rings. The molecule has 82 valence electrons. The zero-order valence-corrected chi connectivity index (χ0v) is 9.93. The zero-order valence-electron chi connectivity index (χ0n) is 9.11. The summed E-state index contributed by atoms with van der Waals surface area (Å²) in [5, 5.41) is 8.81. The Morgan fingerprint density at radius 1 is 1.29 bits per heavy atom. The Kier molecular flexibility index (Phi) is 5.84. The van der Waals surface area contributed by atoms with Crippen molar-refractivity contribution in [2.24, 2.45) is 11.8 Å². The van der Waals surface area contributed by atoms with Gasteiger partial charge in [0.1, 0.15) is 0 Å². The molecule has 0 aliphatic rings. The first-order valence-electron chi connectivity index (χ1n) is 4.74. The van der Waals surface area contributed by atoms with E-state index in [0.717, 1.165) is 11.8 Å². The number of rotatable bonds is 5. The summed E-state index contributed by atoms with van der Waals surface area (Å²) in [5.74, 6) is -0.894. The van der Waals surface area contributed by atoms with Crippen LogP contribution in [-0.2, 0) is 9.59 Å². The van der Waals surface area contributed by atoms with Crippen LogP contribution in [-0.4, -0.2) is 21.4 Å². The molecule has 14 heavy (non-hydrogen) atoms. The molecule has 1 unspecified atom stereocenters. The van der Waals surface area contributed by atoms with Crippen molar-refractivity contribution in [1.29, 1.82) is 0 Å². The van der Waals surface area contributed by atoms with E-state index in [4.69, 9.17) is 5.11 Å². The maximum absolute atomic E-state index is 10.9. The Morgan fingerprint density at radius 3 is 2.07 bits per heavy atom. The number of carbonyl (C=O) groups excluding carboxylic acids is 1. The summed E-state index contributed by atoms with van der Waals surface area (Å²) in [5.41, 5.74) is 0. The molecular weight excluding hydrogens is 200 g/mol. The third kappa shape index (κ3) is 5.27. The van der Waals surface area contributed by atoms with Gasteiger partial charge in [-0.25, -0.2) is 0 Å². The highest BCUT2D eigenvalue weighted by Gasteiger charge is 2.26.